The molecule has 102 valence electrons. The van der Waals surface area contributed by atoms with E-state index in [1.807, 2.05) is 0 Å². The Labute approximate surface area is 122 Å². The number of benzene rings is 1. The first-order valence-corrected chi connectivity index (χ1v) is 7.52. The van der Waals surface area contributed by atoms with Crippen molar-refractivity contribution in [3.63, 3.8) is 0 Å². The van der Waals surface area contributed by atoms with Crippen LogP contribution in [-0.2, 0) is 4.79 Å². The SMILES string of the molecule is O=C(O)C1CSCCN1C(=O)c1c(F)cccc1Br. The standard InChI is InChI=1S/C12H11BrFNO3S/c13-7-2-1-3-8(14)10(7)11(16)15-4-5-19-6-9(15)12(17)18/h1-3,9H,4-6H2,(H,17,18). The van der Waals surface area contributed by atoms with Gasteiger partial charge in [-0.15, -0.1) is 0 Å². The molecule has 0 spiro atoms. The molecule has 1 heterocycles. The normalized spacial score (nSPS) is 19.3. The van der Waals surface area contributed by atoms with Crippen molar-refractivity contribution >= 4 is 39.6 Å². The van der Waals surface area contributed by atoms with E-state index in [9.17, 15) is 14.0 Å². The molecule has 0 bridgehead atoms. The molecule has 0 aromatic heterocycles. The molecule has 7 heteroatoms. The second-order valence-corrected chi connectivity index (χ2v) is 6.03. The number of carbonyl (C=O) groups excluding carboxylic acids is 1. The molecule has 2 rings (SSSR count). The van der Waals surface area contributed by atoms with Gasteiger partial charge in [-0.05, 0) is 28.1 Å². The van der Waals surface area contributed by atoms with E-state index in [0.29, 0.717) is 22.5 Å². The summed E-state index contributed by atoms with van der Waals surface area (Å²) in [4.78, 5) is 24.7. The van der Waals surface area contributed by atoms with Crippen molar-refractivity contribution in [2.45, 2.75) is 6.04 Å². The molecule has 0 radical (unpaired) electrons. The first-order chi connectivity index (χ1) is 9.02. The molecule has 1 aromatic rings. The van der Waals surface area contributed by atoms with E-state index in [0.717, 1.165) is 0 Å². The number of carboxylic acids is 1. The molecule has 1 saturated heterocycles. The van der Waals surface area contributed by atoms with Crippen LogP contribution in [0.25, 0.3) is 0 Å². The molecule has 1 aromatic carbocycles. The van der Waals surface area contributed by atoms with Gasteiger partial charge in [-0.3, -0.25) is 4.79 Å². The Hall–Kier alpha value is -1.08. The summed E-state index contributed by atoms with van der Waals surface area (Å²) in [5.74, 6) is -1.32. The summed E-state index contributed by atoms with van der Waals surface area (Å²) in [6.07, 6.45) is 0. The Bertz CT molecular complexity index is 505. The van der Waals surface area contributed by atoms with E-state index in [1.165, 1.54) is 28.8 Å². The van der Waals surface area contributed by atoms with Crippen LogP contribution in [0.3, 0.4) is 0 Å². The number of amides is 1. The van der Waals surface area contributed by atoms with E-state index in [-0.39, 0.29) is 5.56 Å². The first-order valence-electron chi connectivity index (χ1n) is 5.58. The fourth-order valence-corrected chi connectivity index (χ4v) is 3.45. The molecule has 1 aliphatic heterocycles. The summed E-state index contributed by atoms with van der Waals surface area (Å²) in [5, 5.41) is 9.13. The summed E-state index contributed by atoms with van der Waals surface area (Å²) in [6.45, 7) is 0.307. The highest BCUT2D eigenvalue weighted by atomic mass is 79.9. The van der Waals surface area contributed by atoms with Crippen LogP contribution in [0.4, 0.5) is 4.39 Å². The number of aliphatic carboxylic acids is 1. The van der Waals surface area contributed by atoms with E-state index < -0.39 is 23.7 Å². The van der Waals surface area contributed by atoms with Crippen LogP contribution in [0, 0.1) is 5.82 Å². The molecule has 4 nitrogen and oxygen atoms in total. The fourth-order valence-electron chi connectivity index (χ4n) is 1.90. The third-order valence-electron chi connectivity index (χ3n) is 2.85. The number of thioether (sulfide) groups is 1. The fraction of sp³-hybridized carbons (Fsp3) is 0.333. The lowest BCUT2D eigenvalue weighted by atomic mass is 10.1. The van der Waals surface area contributed by atoms with Gasteiger partial charge in [-0.25, -0.2) is 9.18 Å². The maximum absolute atomic E-state index is 13.8. The Morgan fingerprint density at radius 3 is 2.84 bits per heavy atom. The van der Waals surface area contributed by atoms with Crippen molar-refractivity contribution in [2.24, 2.45) is 0 Å². The van der Waals surface area contributed by atoms with Crippen LogP contribution < -0.4 is 0 Å². The lowest BCUT2D eigenvalue weighted by molar-refractivity contribution is -0.141. The van der Waals surface area contributed by atoms with Gasteiger partial charge in [0.15, 0.2) is 0 Å². The zero-order valence-electron chi connectivity index (χ0n) is 9.81. The van der Waals surface area contributed by atoms with Crippen molar-refractivity contribution in [3.05, 3.63) is 34.1 Å². The van der Waals surface area contributed by atoms with Crippen molar-refractivity contribution in [1.29, 1.82) is 0 Å². The summed E-state index contributed by atoms with van der Waals surface area (Å²) >= 11 is 4.61. The minimum absolute atomic E-state index is 0.111. The molecule has 1 fully saturated rings. The largest absolute Gasteiger partial charge is 0.480 e. The van der Waals surface area contributed by atoms with E-state index >= 15 is 0 Å². The van der Waals surface area contributed by atoms with Gasteiger partial charge < -0.3 is 10.0 Å². The van der Waals surface area contributed by atoms with E-state index in [1.54, 1.807) is 6.07 Å². The Morgan fingerprint density at radius 2 is 2.21 bits per heavy atom. The molecule has 0 saturated carbocycles. The average molecular weight is 348 g/mol. The summed E-state index contributed by atoms with van der Waals surface area (Å²) in [5.41, 5.74) is -0.111. The lowest BCUT2D eigenvalue weighted by Gasteiger charge is -2.32. The van der Waals surface area contributed by atoms with Gasteiger partial charge in [0.05, 0.1) is 5.56 Å². The Kier molecular flexibility index (Phi) is 4.46. The van der Waals surface area contributed by atoms with Gasteiger partial charge in [0.25, 0.3) is 5.91 Å². The zero-order chi connectivity index (χ0) is 14.0. The smallest absolute Gasteiger partial charge is 0.327 e. The van der Waals surface area contributed by atoms with Crippen molar-refractivity contribution in [3.8, 4) is 0 Å². The number of hydrogen-bond donors (Lipinski definition) is 1. The lowest BCUT2D eigenvalue weighted by Crippen LogP contribution is -2.50. The van der Waals surface area contributed by atoms with Crippen LogP contribution in [0.15, 0.2) is 22.7 Å². The Morgan fingerprint density at radius 1 is 1.47 bits per heavy atom. The van der Waals surface area contributed by atoms with Crippen molar-refractivity contribution in [1.82, 2.24) is 4.90 Å². The van der Waals surface area contributed by atoms with Crippen LogP contribution in [-0.4, -0.2) is 46.0 Å². The maximum Gasteiger partial charge on any atom is 0.327 e. The predicted octanol–water partition coefficient (Wildman–Crippen LogP) is 2.23. The van der Waals surface area contributed by atoms with Crippen LogP contribution in [0.5, 0.6) is 0 Å². The molecule has 0 aliphatic carbocycles. The van der Waals surface area contributed by atoms with E-state index in [4.69, 9.17) is 5.11 Å². The van der Waals surface area contributed by atoms with Crippen molar-refractivity contribution in [2.75, 3.05) is 18.1 Å². The molecular formula is C12H11BrFNO3S. The molecule has 1 atom stereocenters. The summed E-state index contributed by atoms with van der Waals surface area (Å²) in [6, 6.07) is 3.33. The number of carboxylic acid groups (broad SMARTS) is 1. The highest BCUT2D eigenvalue weighted by molar-refractivity contribution is 9.10. The number of rotatable bonds is 2. The van der Waals surface area contributed by atoms with Gasteiger partial charge in [0.2, 0.25) is 0 Å². The number of halogens is 2. The Balaban J connectivity index is 2.34. The third kappa shape index (κ3) is 2.92. The summed E-state index contributed by atoms with van der Waals surface area (Å²) < 4.78 is 14.1. The topological polar surface area (TPSA) is 57.6 Å². The molecule has 1 aliphatic rings. The van der Waals surface area contributed by atoms with Gasteiger partial charge in [-0.2, -0.15) is 11.8 Å². The highest BCUT2D eigenvalue weighted by Gasteiger charge is 2.34. The van der Waals surface area contributed by atoms with Crippen LogP contribution >= 0.6 is 27.7 Å². The predicted molar refractivity (Wildman–Crippen MR) is 73.9 cm³/mol. The minimum atomic E-state index is -1.06. The van der Waals surface area contributed by atoms with Crippen molar-refractivity contribution < 1.29 is 19.1 Å². The second-order valence-electron chi connectivity index (χ2n) is 4.02. The zero-order valence-corrected chi connectivity index (χ0v) is 12.2. The second kappa shape index (κ2) is 5.92. The molecule has 1 unspecified atom stereocenters. The van der Waals surface area contributed by atoms with Gasteiger partial charge >= 0.3 is 5.97 Å². The van der Waals surface area contributed by atoms with Crippen LogP contribution in [0.2, 0.25) is 0 Å². The van der Waals surface area contributed by atoms with Crippen LogP contribution in [0.1, 0.15) is 10.4 Å². The maximum atomic E-state index is 13.8. The number of nitrogens with zero attached hydrogens (tertiary/aromatic N) is 1. The molecular weight excluding hydrogens is 337 g/mol. The quantitative estimate of drug-likeness (QED) is 0.891. The van der Waals surface area contributed by atoms with Gasteiger partial charge in [0, 0.05) is 22.5 Å². The summed E-state index contributed by atoms with van der Waals surface area (Å²) in [7, 11) is 0. The highest BCUT2D eigenvalue weighted by Crippen LogP contribution is 2.25. The minimum Gasteiger partial charge on any atom is -0.480 e. The third-order valence-corrected chi connectivity index (χ3v) is 4.53. The van der Waals surface area contributed by atoms with E-state index in [2.05, 4.69) is 15.9 Å². The average Bonchev–Trinajstić information content (AvgIpc) is 2.38. The van der Waals surface area contributed by atoms with Gasteiger partial charge in [-0.1, -0.05) is 6.07 Å². The number of carbonyl (C=O) groups is 2. The first kappa shape index (κ1) is 14.3. The van der Waals surface area contributed by atoms with Gasteiger partial charge in [0.1, 0.15) is 11.9 Å². The monoisotopic (exact) mass is 347 g/mol. The molecule has 1 amide bonds. The molecule has 19 heavy (non-hydrogen) atoms. The molecule has 1 N–H and O–H groups in total. The number of hydrogen-bond acceptors (Lipinski definition) is 3.